The molecule has 0 bridgehead atoms. The Balaban J connectivity index is 2.13. The average molecular weight is 318 g/mol. The summed E-state index contributed by atoms with van der Waals surface area (Å²) in [6, 6.07) is 5.85. The average Bonchev–Trinajstić information content (AvgIpc) is 2.58. The smallest absolute Gasteiger partial charge is 0.180 e. The van der Waals surface area contributed by atoms with Gasteiger partial charge in [-0.25, -0.2) is 0 Å². The van der Waals surface area contributed by atoms with E-state index in [4.69, 9.17) is 10.5 Å². The molecule has 23 heavy (non-hydrogen) atoms. The molecular weight excluding hydrogens is 288 g/mol. The van der Waals surface area contributed by atoms with Crippen LogP contribution in [0.5, 0.6) is 5.75 Å². The molecule has 0 radical (unpaired) electrons. The summed E-state index contributed by atoms with van der Waals surface area (Å²) in [5.41, 5.74) is 7.23. The lowest BCUT2D eigenvalue weighted by Gasteiger charge is -2.36. The third-order valence-electron chi connectivity index (χ3n) is 4.93. The van der Waals surface area contributed by atoms with Crippen LogP contribution >= 0.6 is 0 Å². The minimum atomic E-state index is -0.0737. The van der Waals surface area contributed by atoms with Crippen LogP contribution in [0.2, 0.25) is 0 Å². The Hall–Kier alpha value is -1.55. The Morgan fingerprint density at radius 3 is 2.57 bits per heavy atom. The molecule has 1 unspecified atom stereocenters. The van der Waals surface area contributed by atoms with Crippen molar-refractivity contribution in [3.63, 3.8) is 0 Å². The van der Waals surface area contributed by atoms with Gasteiger partial charge in [0.05, 0.1) is 18.3 Å². The van der Waals surface area contributed by atoms with Crippen LogP contribution in [0.1, 0.15) is 62.7 Å². The van der Waals surface area contributed by atoms with Crippen LogP contribution < -0.4 is 10.5 Å². The van der Waals surface area contributed by atoms with Crippen molar-refractivity contribution in [3.8, 4) is 5.75 Å². The van der Waals surface area contributed by atoms with Crippen LogP contribution in [-0.4, -0.2) is 36.4 Å². The highest BCUT2D eigenvalue weighted by Crippen LogP contribution is 2.27. The van der Waals surface area contributed by atoms with Crippen molar-refractivity contribution in [2.24, 2.45) is 0 Å². The largest absolute Gasteiger partial charge is 0.492 e. The van der Waals surface area contributed by atoms with Crippen LogP contribution in [0.4, 0.5) is 5.69 Å². The highest BCUT2D eigenvalue weighted by molar-refractivity contribution is 6.01. The van der Waals surface area contributed by atoms with Crippen molar-refractivity contribution in [2.75, 3.05) is 19.4 Å². The van der Waals surface area contributed by atoms with E-state index in [9.17, 15) is 4.79 Å². The van der Waals surface area contributed by atoms with Gasteiger partial charge in [0.2, 0.25) is 0 Å². The summed E-state index contributed by atoms with van der Waals surface area (Å²) < 4.78 is 5.45. The lowest BCUT2D eigenvalue weighted by molar-refractivity contribution is 0.0742. The van der Waals surface area contributed by atoms with Gasteiger partial charge >= 0.3 is 0 Å². The van der Waals surface area contributed by atoms with Gasteiger partial charge in [-0.2, -0.15) is 0 Å². The molecule has 1 saturated carbocycles. The first-order valence-electron chi connectivity index (χ1n) is 8.86. The number of hydrogen-bond acceptors (Lipinski definition) is 4. The minimum Gasteiger partial charge on any atom is -0.492 e. The number of carbonyl (C=O) groups excluding carboxylic acids is 1. The van der Waals surface area contributed by atoms with Crippen molar-refractivity contribution < 1.29 is 9.53 Å². The maximum Gasteiger partial charge on any atom is 0.180 e. The molecule has 128 valence electrons. The van der Waals surface area contributed by atoms with E-state index in [2.05, 4.69) is 18.9 Å². The number of rotatable bonds is 7. The second-order valence-electron chi connectivity index (χ2n) is 6.43. The van der Waals surface area contributed by atoms with Gasteiger partial charge < -0.3 is 10.5 Å². The monoisotopic (exact) mass is 318 g/mol. The highest BCUT2D eigenvalue weighted by atomic mass is 16.5. The molecule has 4 nitrogen and oxygen atoms in total. The number of Topliss-reactive ketones (excluding diaryl/α,β-unsaturated/α-hetero) is 1. The highest BCUT2D eigenvalue weighted by Gasteiger charge is 2.29. The summed E-state index contributed by atoms with van der Waals surface area (Å²) in [6.07, 6.45) is 7.09. The lowest BCUT2D eigenvalue weighted by Crippen LogP contribution is -2.45. The van der Waals surface area contributed by atoms with E-state index in [0.717, 1.165) is 6.42 Å². The molecular formula is C19H30N2O2. The van der Waals surface area contributed by atoms with Gasteiger partial charge in [-0.05, 0) is 51.4 Å². The predicted molar refractivity (Wildman–Crippen MR) is 95.1 cm³/mol. The van der Waals surface area contributed by atoms with Crippen LogP contribution in [0.25, 0.3) is 0 Å². The molecule has 0 aromatic heterocycles. The number of carbonyl (C=O) groups is 1. The molecule has 1 aromatic carbocycles. The number of likely N-dealkylation sites (N-methyl/N-ethyl adjacent to an activating group) is 1. The number of ether oxygens (including phenoxy) is 1. The summed E-state index contributed by atoms with van der Waals surface area (Å²) >= 11 is 0. The molecule has 2 rings (SSSR count). The van der Waals surface area contributed by atoms with Crippen molar-refractivity contribution >= 4 is 11.5 Å². The molecule has 0 heterocycles. The van der Waals surface area contributed by atoms with Crippen LogP contribution in [0.15, 0.2) is 18.2 Å². The number of anilines is 1. The summed E-state index contributed by atoms with van der Waals surface area (Å²) in [7, 11) is 2.10. The Bertz CT molecular complexity index is 524. The maximum absolute atomic E-state index is 12.9. The molecule has 0 amide bonds. The Labute approximate surface area is 140 Å². The minimum absolute atomic E-state index is 0.0737. The van der Waals surface area contributed by atoms with Gasteiger partial charge in [0.15, 0.2) is 5.78 Å². The molecule has 1 atom stereocenters. The zero-order chi connectivity index (χ0) is 16.8. The van der Waals surface area contributed by atoms with Crippen molar-refractivity contribution in [1.82, 2.24) is 4.90 Å². The van der Waals surface area contributed by atoms with Gasteiger partial charge in [-0.1, -0.05) is 26.2 Å². The van der Waals surface area contributed by atoms with E-state index in [0.29, 0.717) is 29.6 Å². The first kappa shape index (κ1) is 17.8. The van der Waals surface area contributed by atoms with Crippen LogP contribution in [0.3, 0.4) is 0 Å². The molecule has 4 heteroatoms. The second kappa shape index (κ2) is 8.34. The molecule has 0 spiro atoms. The van der Waals surface area contributed by atoms with Gasteiger partial charge in [0, 0.05) is 11.6 Å². The Kier molecular flexibility index (Phi) is 6.46. The van der Waals surface area contributed by atoms with Crippen LogP contribution in [0, 0.1) is 0 Å². The SMILES string of the molecule is CCOc1ccc(C(=O)C(CC)N(C)C2CCCCC2)cc1N. The molecule has 1 aromatic rings. The van der Waals surface area contributed by atoms with Gasteiger partial charge in [-0.3, -0.25) is 9.69 Å². The van der Waals surface area contributed by atoms with E-state index in [1.54, 1.807) is 12.1 Å². The third-order valence-corrected chi connectivity index (χ3v) is 4.93. The van der Waals surface area contributed by atoms with Crippen molar-refractivity contribution in [1.29, 1.82) is 0 Å². The van der Waals surface area contributed by atoms with Gasteiger partial charge in [-0.15, -0.1) is 0 Å². The fourth-order valence-electron chi connectivity index (χ4n) is 3.58. The first-order chi connectivity index (χ1) is 11.1. The van der Waals surface area contributed by atoms with E-state index in [-0.39, 0.29) is 11.8 Å². The van der Waals surface area contributed by atoms with E-state index in [1.807, 2.05) is 13.0 Å². The summed E-state index contributed by atoms with van der Waals surface area (Å²) in [6.45, 7) is 4.57. The number of ketones is 1. The molecule has 0 saturated heterocycles. The van der Waals surface area contributed by atoms with E-state index >= 15 is 0 Å². The quantitative estimate of drug-likeness (QED) is 0.612. The second-order valence-corrected chi connectivity index (χ2v) is 6.43. The van der Waals surface area contributed by atoms with Gasteiger partial charge in [0.25, 0.3) is 0 Å². The third kappa shape index (κ3) is 4.25. The number of hydrogen-bond donors (Lipinski definition) is 1. The number of nitrogens with two attached hydrogens (primary N) is 1. The van der Waals surface area contributed by atoms with Crippen molar-refractivity contribution in [3.05, 3.63) is 23.8 Å². The van der Waals surface area contributed by atoms with Crippen molar-refractivity contribution in [2.45, 2.75) is 64.5 Å². The molecule has 2 N–H and O–H groups in total. The zero-order valence-electron chi connectivity index (χ0n) is 14.7. The summed E-state index contributed by atoms with van der Waals surface area (Å²) in [5.74, 6) is 0.813. The molecule has 1 fully saturated rings. The summed E-state index contributed by atoms with van der Waals surface area (Å²) in [4.78, 5) is 15.2. The zero-order valence-corrected chi connectivity index (χ0v) is 14.7. The molecule has 1 aliphatic carbocycles. The summed E-state index contributed by atoms with van der Waals surface area (Å²) in [5, 5.41) is 0. The van der Waals surface area contributed by atoms with E-state index < -0.39 is 0 Å². The normalized spacial score (nSPS) is 17.2. The molecule has 0 aliphatic heterocycles. The van der Waals surface area contributed by atoms with E-state index in [1.165, 1.54) is 32.1 Å². The number of benzene rings is 1. The molecule has 1 aliphatic rings. The fourth-order valence-corrected chi connectivity index (χ4v) is 3.58. The Morgan fingerprint density at radius 1 is 1.30 bits per heavy atom. The first-order valence-corrected chi connectivity index (χ1v) is 8.86. The predicted octanol–water partition coefficient (Wildman–Crippen LogP) is 3.89. The van der Waals surface area contributed by atoms with Crippen LogP contribution in [-0.2, 0) is 0 Å². The fraction of sp³-hybridized carbons (Fsp3) is 0.632. The van der Waals surface area contributed by atoms with Gasteiger partial charge in [0.1, 0.15) is 5.75 Å². The topological polar surface area (TPSA) is 55.6 Å². The standard InChI is InChI=1S/C19H30N2O2/c1-4-17(21(3)15-9-7-6-8-10-15)19(22)14-11-12-18(23-5-2)16(20)13-14/h11-13,15,17H,4-10,20H2,1-3H3. The maximum atomic E-state index is 12.9. The Morgan fingerprint density at radius 2 is 2.00 bits per heavy atom. The number of nitrogens with zero attached hydrogens (tertiary/aromatic N) is 1. The number of nitrogen functional groups attached to an aromatic ring is 1. The lowest BCUT2D eigenvalue weighted by atomic mass is 9.91.